The lowest BCUT2D eigenvalue weighted by Gasteiger charge is -2.25. The fraction of sp³-hybridized carbons (Fsp3) is 0. The Morgan fingerprint density at radius 2 is 0.933 bits per heavy atom. The maximum absolute atomic E-state index is 11.1. The Labute approximate surface area is 343 Å². The predicted octanol–water partition coefficient (Wildman–Crippen LogP) is 14.1. The number of furan rings is 1. The molecule has 0 saturated carbocycles. The van der Waals surface area contributed by atoms with Gasteiger partial charge in [0.25, 0.3) is 0 Å². The highest BCUT2D eigenvalue weighted by molar-refractivity contribution is 6.27. The Morgan fingerprint density at radius 3 is 1.63 bits per heavy atom. The van der Waals surface area contributed by atoms with Gasteiger partial charge in [0, 0.05) is 49.4 Å². The fourth-order valence-electron chi connectivity index (χ4n) is 9.44. The minimum atomic E-state index is 0.454. The maximum Gasteiger partial charge on any atom is 0.136 e. The molecule has 60 heavy (non-hydrogen) atoms. The molecule has 0 aliphatic carbocycles. The number of nitriles is 2. The second kappa shape index (κ2) is 13.0. The number of anilines is 3. The number of benzene rings is 9. The molecule has 0 aliphatic heterocycles. The van der Waals surface area contributed by atoms with Gasteiger partial charge in [-0.1, -0.05) is 103 Å². The molecule has 3 aromatic heterocycles. The third kappa shape index (κ3) is 4.80. The summed E-state index contributed by atoms with van der Waals surface area (Å²) in [5, 5.41) is 30.6. The number of hydrogen-bond acceptors (Lipinski definition) is 4. The van der Waals surface area contributed by atoms with Crippen molar-refractivity contribution in [3.05, 3.63) is 199 Å². The van der Waals surface area contributed by atoms with Crippen molar-refractivity contribution in [1.29, 1.82) is 10.5 Å². The first-order valence-electron chi connectivity index (χ1n) is 19.9. The monoisotopic (exact) mass is 765 g/mol. The van der Waals surface area contributed by atoms with E-state index in [4.69, 9.17) is 4.42 Å². The number of aromatic nitrogens is 2. The van der Waals surface area contributed by atoms with Crippen molar-refractivity contribution >= 4 is 93.4 Å². The molecule has 0 spiro atoms. The summed E-state index contributed by atoms with van der Waals surface area (Å²) < 4.78 is 10.6. The van der Waals surface area contributed by atoms with Gasteiger partial charge in [0.1, 0.15) is 23.3 Å². The van der Waals surface area contributed by atoms with Gasteiger partial charge in [0.15, 0.2) is 0 Å². The molecule has 0 radical (unpaired) electrons. The Morgan fingerprint density at radius 1 is 0.383 bits per heavy atom. The van der Waals surface area contributed by atoms with E-state index in [1.165, 1.54) is 0 Å². The minimum Gasteiger partial charge on any atom is -0.456 e. The zero-order valence-electron chi connectivity index (χ0n) is 32.0. The van der Waals surface area contributed by atoms with Crippen molar-refractivity contribution in [3.8, 4) is 23.5 Å². The lowest BCUT2D eigenvalue weighted by atomic mass is 10.0. The van der Waals surface area contributed by atoms with E-state index in [0.29, 0.717) is 22.5 Å². The van der Waals surface area contributed by atoms with Crippen LogP contribution in [0.25, 0.3) is 87.7 Å². The van der Waals surface area contributed by atoms with Gasteiger partial charge in [0.2, 0.25) is 0 Å². The molecule has 0 saturated heterocycles. The second-order valence-corrected chi connectivity index (χ2v) is 15.1. The Bertz CT molecular complexity index is 3760. The number of hydrogen-bond donors (Lipinski definition) is 0. The van der Waals surface area contributed by atoms with E-state index in [9.17, 15) is 10.5 Å². The molecule has 0 aliphatic rings. The van der Waals surface area contributed by atoms with Crippen molar-refractivity contribution in [2.75, 3.05) is 4.90 Å². The molecule has 9 aromatic carbocycles. The van der Waals surface area contributed by atoms with Crippen molar-refractivity contribution in [1.82, 2.24) is 9.13 Å². The largest absolute Gasteiger partial charge is 0.456 e. The van der Waals surface area contributed by atoms with Crippen LogP contribution in [0.5, 0.6) is 0 Å². The zero-order chi connectivity index (χ0) is 39.9. The molecule has 3 heterocycles. The molecular weight excluding hydrogens is 735 g/mol. The lowest BCUT2D eigenvalue weighted by molar-refractivity contribution is 0.669. The number of para-hydroxylation sites is 4. The highest BCUT2D eigenvalue weighted by Crippen LogP contribution is 2.45. The van der Waals surface area contributed by atoms with Crippen molar-refractivity contribution in [2.24, 2.45) is 0 Å². The number of fused-ring (bicyclic) bond motifs is 12. The standard InChI is InChI=1S/C54H31N5O/c55-32-35-30-49(36(33-56)29-48(35)58-44-21-11-9-19-41(44)53-47(58)27-28-51-54(53)42-20-10-12-22-50(42)60-51)59-45-26-24-39(57(37-14-3-1-4-15-37)38-16-5-2-6-17-38)31-43(45)52-40-18-8-7-13-34(40)23-25-46(52)59/h1-31H. The van der Waals surface area contributed by atoms with E-state index >= 15 is 0 Å². The smallest absolute Gasteiger partial charge is 0.136 e. The molecule has 0 bridgehead atoms. The first kappa shape index (κ1) is 33.5. The molecule has 6 heteroatoms. The molecule has 6 nitrogen and oxygen atoms in total. The molecule has 12 rings (SSSR count). The van der Waals surface area contributed by atoms with Gasteiger partial charge in [-0.2, -0.15) is 10.5 Å². The molecule has 12 aromatic rings. The number of nitrogens with zero attached hydrogens (tertiary/aromatic N) is 5. The van der Waals surface area contributed by atoms with Crippen LogP contribution in [-0.4, -0.2) is 9.13 Å². The SMILES string of the molecule is N#Cc1cc(-n2c3ccccc3c3c4c(ccc32)oc2ccccc24)c(C#N)cc1-n1c2ccc(N(c3ccccc3)c3ccccc3)cc2c2c3ccccc3ccc21. The van der Waals surface area contributed by atoms with Crippen LogP contribution in [0.1, 0.15) is 11.1 Å². The molecule has 0 unspecified atom stereocenters. The second-order valence-electron chi connectivity index (χ2n) is 15.1. The molecule has 0 N–H and O–H groups in total. The van der Waals surface area contributed by atoms with E-state index in [-0.39, 0.29) is 0 Å². The van der Waals surface area contributed by atoms with E-state index in [1.54, 1.807) is 0 Å². The van der Waals surface area contributed by atoms with E-state index in [1.807, 2.05) is 60.7 Å². The highest BCUT2D eigenvalue weighted by atomic mass is 16.3. The van der Waals surface area contributed by atoms with Gasteiger partial charge in [-0.25, -0.2) is 0 Å². The predicted molar refractivity (Wildman–Crippen MR) is 244 cm³/mol. The topological polar surface area (TPSA) is 73.8 Å². The van der Waals surface area contributed by atoms with Gasteiger partial charge in [-0.15, -0.1) is 0 Å². The highest BCUT2D eigenvalue weighted by Gasteiger charge is 2.24. The van der Waals surface area contributed by atoms with Crippen LogP contribution in [0.4, 0.5) is 17.1 Å². The van der Waals surface area contributed by atoms with E-state index in [2.05, 4.69) is 154 Å². The summed E-state index contributed by atoms with van der Waals surface area (Å²) in [6, 6.07) is 69.3. The van der Waals surface area contributed by atoms with E-state index < -0.39 is 0 Å². The van der Waals surface area contributed by atoms with E-state index in [0.717, 1.165) is 93.4 Å². The molecule has 0 amide bonds. The molecule has 0 atom stereocenters. The quantitative estimate of drug-likeness (QED) is 0.175. The van der Waals surface area contributed by atoms with Crippen LogP contribution >= 0.6 is 0 Å². The average Bonchev–Trinajstić information content (AvgIpc) is 3.97. The summed E-state index contributed by atoms with van der Waals surface area (Å²) in [5.74, 6) is 0. The normalized spacial score (nSPS) is 11.6. The summed E-state index contributed by atoms with van der Waals surface area (Å²) in [6.07, 6.45) is 0. The number of rotatable bonds is 5. The zero-order valence-corrected chi connectivity index (χ0v) is 32.0. The lowest BCUT2D eigenvalue weighted by Crippen LogP contribution is -2.09. The summed E-state index contributed by atoms with van der Waals surface area (Å²) in [7, 11) is 0. The van der Waals surface area contributed by atoms with Crippen LogP contribution in [0, 0.1) is 22.7 Å². The molecular formula is C54H31N5O. The maximum atomic E-state index is 11.1. The summed E-state index contributed by atoms with van der Waals surface area (Å²) in [5.41, 5.74) is 10.7. The molecule has 278 valence electrons. The van der Waals surface area contributed by atoms with Crippen LogP contribution in [0.2, 0.25) is 0 Å². The van der Waals surface area contributed by atoms with Gasteiger partial charge >= 0.3 is 0 Å². The van der Waals surface area contributed by atoms with Gasteiger partial charge in [-0.05, 0) is 95.7 Å². The van der Waals surface area contributed by atoms with Crippen LogP contribution in [-0.2, 0) is 0 Å². The Kier molecular flexibility index (Phi) is 7.26. The Balaban J connectivity index is 1.14. The summed E-state index contributed by atoms with van der Waals surface area (Å²) in [4.78, 5) is 2.27. The Hall–Kier alpha value is -8.58. The van der Waals surface area contributed by atoms with Gasteiger partial charge in [-0.3, -0.25) is 0 Å². The van der Waals surface area contributed by atoms with Crippen LogP contribution in [0.3, 0.4) is 0 Å². The van der Waals surface area contributed by atoms with Crippen LogP contribution < -0.4 is 4.90 Å². The third-order valence-corrected chi connectivity index (χ3v) is 11.9. The average molecular weight is 766 g/mol. The minimum absolute atomic E-state index is 0.454. The van der Waals surface area contributed by atoms with Crippen LogP contribution in [0.15, 0.2) is 192 Å². The first-order chi connectivity index (χ1) is 29.7. The van der Waals surface area contributed by atoms with Gasteiger partial charge < -0.3 is 18.5 Å². The van der Waals surface area contributed by atoms with Crippen molar-refractivity contribution < 1.29 is 4.42 Å². The summed E-state index contributed by atoms with van der Waals surface area (Å²) in [6.45, 7) is 0. The van der Waals surface area contributed by atoms with Gasteiger partial charge in [0.05, 0.1) is 44.6 Å². The third-order valence-electron chi connectivity index (χ3n) is 11.9. The molecule has 0 fully saturated rings. The first-order valence-corrected chi connectivity index (χ1v) is 19.9. The summed E-state index contributed by atoms with van der Waals surface area (Å²) >= 11 is 0. The van der Waals surface area contributed by atoms with Crippen molar-refractivity contribution in [3.63, 3.8) is 0 Å². The van der Waals surface area contributed by atoms with Crippen molar-refractivity contribution in [2.45, 2.75) is 0 Å². The fourth-order valence-corrected chi connectivity index (χ4v) is 9.44.